The molecule has 3 rings (SSSR count). The molecular weight excluding hydrogens is 228 g/mol. The third kappa shape index (κ3) is 1.78. The predicted molar refractivity (Wildman–Crippen MR) is 68.6 cm³/mol. The average molecular weight is 244 g/mol. The van der Waals surface area contributed by atoms with Crippen LogP contribution in [0.25, 0.3) is 11.3 Å². The molecular formula is C14H16N2O2. The SMILES string of the molecule is COc1ccc(-c2cnc(C3(CO)CC3)[nH]2)cc1. The summed E-state index contributed by atoms with van der Waals surface area (Å²) < 4.78 is 5.13. The molecule has 1 fully saturated rings. The first-order chi connectivity index (χ1) is 8.77. The number of aliphatic hydroxyl groups is 1. The highest BCUT2D eigenvalue weighted by atomic mass is 16.5. The van der Waals surface area contributed by atoms with Crippen molar-refractivity contribution in [3.63, 3.8) is 0 Å². The molecule has 0 saturated heterocycles. The third-order valence-electron chi connectivity index (χ3n) is 3.64. The number of rotatable bonds is 4. The Balaban J connectivity index is 1.88. The van der Waals surface area contributed by atoms with Gasteiger partial charge in [0.2, 0.25) is 0 Å². The molecule has 1 saturated carbocycles. The molecule has 0 amide bonds. The van der Waals surface area contributed by atoms with E-state index in [0.29, 0.717) is 0 Å². The topological polar surface area (TPSA) is 58.1 Å². The second-order valence-corrected chi connectivity index (χ2v) is 4.81. The highest BCUT2D eigenvalue weighted by Crippen LogP contribution is 2.46. The minimum absolute atomic E-state index is 0.106. The van der Waals surface area contributed by atoms with Gasteiger partial charge in [0.05, 0.1) is 31.0 Å². The lowest BCUT2D eigenvalue weighted by atomic mass is 10.1. The Morgan fingerprint density at radius 1 is 1.33 bits per heavy atom. The zero-order valence-electron chi connectivity index (χ0n) is 10.3. The monoisotopic (exact) mass is 244 g/mol. The van der Waals surface area contributed by atoms with E-state index in [0.717, 1.165) is 35.7 Å². The summed E-state index contributed by atoms with van der Waals surface area (Å²) in [7, 11) is 1.65. The summed E-state index contributed by atoms with van der Waals surface area (Å²) in [5.41, 5.74) is 1.95. The minimum atomic E-state index is -0.106. The zero-order chi connectivity index (χ0) is 12.6. The van der Waals surface area contributed by atoms with Crippen molar-refractivity contribution in [2.24, 2.45) is 0 Å². The number of aromatic nitrogens is 2. The summed E-state index contributed by atoms with van der Waals surface area (Å²) in [6.07, 6.45) is 3.85. The van der Waals surface area contributed by atoms with Crippen LogP contribution in [-0.4, -0.2) is 28.8 Å². The number of hydrogen-bond donors (Lipinski definition) is 2. The Labute approximate surface area is 106 Å². The minimum Gasteiger partial charge on any atom is -0.497 e. The Morgan fingerprint density at radius 2 is 2.06 bits per heavy atom. The van der Waals surface area contributed by atoms with Gasteiger partial charge in [-0.2, -0.15) is 0 Å². The van der Waals surface area contributed by atoms with Crippen molar-refractivity contribution in [1.82, 2.24) is 9.97 Å². The van der Waals surface area contributed by atoms with E-state index in [1.165, 1.54) is 0 Å². The number of benzene rings is 1. The first kappa shape index (κ1) is 11.3. The fraction of sp³-hybridized carbons (Fsp3) is 0.357. The molecule has 0 atom stereocenters. The van der Waals surface area contributed by atoms with E-state index in [1.807, 2.05) is 30.5 Å². The number of nitrogens with one attached hydrogen (secondary N) is 1. The van der Waals surface area contributed by atoms with Crippen LogP contribution in [0.3, 0.4) is 0 Å². The van der Waals surface area contributed by atoms with Gasteiger partial charge in [0.1, 0.15) is 11.6 Å². The van der Waals surface area contributed by atoms with Crippen molar-refractivity contribution in [2.45, 2.75) is 18.3 Å². The molecule has 0 spiro atoms. The van der Waals surface area contributed by atoms with Gasteiger partial charge < -0.3 is 14.8 Å². The van der Waals surface area contributed by atoms with Crippen LogP contribution >= 0.6 is 0 Å². The Morgan fingerprint density at radius 3 is 2.61 bits per heavy atom. The number of aromatic amines is 1. The molecule has 0 aliphatic heterocycles. The molecule has 1 heterocycles. The molecule has 1 aromatic carbocycles. The predicted octanol–water partition coefficient (Wildman–Crippen LogP) is 2.11. The standard InChI is InChI=1S/C14H16N2O2/c1-18-11-4-2-10(3-5-11)12-8-15-13(16-12)14(9-17)6-7-14/h2-5,8,17H,6-7,9H2,1H3,(H,15,16). The second-order valence-electron chi connectivity index (χ2n) is 4.81. The number of H-pyrrole nitrogens is 1. The van der Waals surface area contributed by atoms with Gasteiger partial charge in [0, 0.05) is 0 Å². The summed E-state index contributed by atoms with van der Waals surface area (Å²) in [5.74, 6) is 1.74. The van der Waals surface area contributed by atoms with Crippen LogP contribution in [0.2, 0.25) is 0 Å². The first-order valence-electron chi connectivity index (χ1n) is 6.08. The third-order valence-corrected chi connectivity index (χ3v) is 3.64. The van der Waals surface area contributed by atoms with E-state index in [4.69, 9.17) is 4.74 Å². The maximum absolute atomic E-state index is 9.38. The molecule has 1 aliphatic carbocycles. The molecule has 2 N–H and O–H groups in total. The smallest absolute Gasteiger partial charge is 0.118 e. The molecule has 4 heteroatoms. The van der Waals surface area contributed by atoms with E-state index in [1.54, 1.807) is 7.11 Å². The van der Waals surface area contributed by atoms with Gasteiger partial charge in [0.15, 0.2) is 0 Å². The Bertz CT molecular complexity index is 541. The van der Waals surface area contributed by atoms with Crippen molar-refractivity contribution in [3.05, 3.63) is 36.3 Å². The fourth-order valence-corrected chi connectivity index (χ4v) is 2.13. The van der Waals surface area contributed by atoms with Crippen LogP contribution in [0.4, 0.5) is 0 Å². The summed E-state index contributed by atoms with van der Waals surface area (Å²) in [6, 6.07) is 7.84. The van der Waals surface area contributed by atoms with Gasteiger partial charge in [-0.05, 0) is 42.7 Å². The molecule has 0 radical (unpaired) electrons. The molecule has 0 unspecified atom stereocenters. The van der Waals surface area contributed by atoms with Gasteiger partial charge >= 0.3 is 0 Å². The summed E-state index contributed by atoms with van der Waals surface area (Å²) in [6.45, 7) is 0.169. The van der Waals surface area contributed by atoms with Crippen molar-refractivity contribution < 1.29 is 9.84 Å². The number of aliphatic hydroxyl groups excluding tert-OH is 1. The summed E-state index contributed by atoms with van der Waals surface area (Å²) in [5, 5.41) is 9.38. The average Bonchev–Trinajstić information content (AvgIpc) is 3.08. The number of methoxy groups -OCH3 is 1. The number of nitrogens with zero attached hydrogens (tertiary/aromatic N) is 1. The Hall–Kier alpha value is -1.81. The van der Waals surface area contributed by atoms with Gasteiger partial charge in [-0.15, -0.1) is 0 Å². The van der Waals surface area contributed by atoms with Crippen LogP contribution < -0.4 is 4.74 Å². The van der Waals surface area contributed by atoms with Crippen molar-refractivity contribution >= 4 is 0 Å². The number of ether oxygens (including phenoxy) is 1. The molecule has 0 bridgehead atoms. The highest BCUT2D eigenvalue weighted by Gasteiger charge is 2.46. The molecule has 1 aliphatic rings. The fourth-order valence-electron chi connectivity index (χ4n) is 2.13. The van der Waals surface area contributed by atoms with E-state index in [2.05, 4.69) is 9.97 Å². The summed E-state index contributed by atoms with van der Waals surface area (Å²) >= 11 is 0. The maximum atomic E-state index is 9.38. The normalized spacial score (nSPS) is 16.6. The van der Waals surface area contributed by atoms with Gasteiger partial charge in [-0.3, -0.25) is 0 Å². The van der Waals surface area contributed by atoms with Crippen LogP contribution in [0.5, 0.6) is 5.75 Å². The molecule has 4 nitrogen and oxygen atoms in total. The van der Waals surface area contributed by atoms with Gasteiger partial charge in [-0.25, -0.2) is 4.98 Å². The van der Waals surface area contributed by atoms with E-state index in [-0.39, 0.29) is 12.0 Å². The first-order valence-corrected chi connectivity index (χ1v) is 6.08. The van der Waals surface area contributed by atoms with Crippen LogP contribution in [0.1, 0.15) is 18.7 Å². The maximum Gasteiger partial charge on any atom is 0.118 e. The van der Waals surface area contributed by atoms with Crippen LogP contribution in [0, 0.1) is 0 Å². The van der Waals surface area contributed by atoms with E-state index >= 15 is 0 Å². The summed E-state index contributed by atoms with van der Waals surface area (Å²) in [4.78, 5) is 7.70. The number of hydrogen-bond acceptors (Lipinski definition) is 3. The van der Waals surface area contributed by atoms with Crippen molar-refractivity contribution in [1.29, 1.82) is 0 Å². The zero-order valence-corrected chi connectivity index (χ0v) is 10.3. The molecule has 2 aromatic rings. The molecule has 18 heavy (non-hydrogen) atoms. The lowest BCUT2D eigenvalue weighted by Crippen LogP contribution is -2.13. The number of imidazole rings is 1. The largest absolute Gasteiger partial charge is 0.497 e. The lowest BCUT2D eigenvalue weighted by Gasteiger charge is -2.07. The lowest BCUT2D eigenvalue weighted by molar-refractivity contribution is 0.250. The van der Waals surface area contributed by atoms with Crippen LogP contribution in [0.15, 0.2) is 30.5 Å². The van der Waals surface area contributed by atoms with Gasteiger partial charge in [0.25, 0.3) is 0 Å². The van der Waals surface area contributed by atoms with Crippen LogP contribution in [-0.2, 0) is 5.41 Å². The quantitative estimate of drug-likeness (QED) is 0.866. The van der Waals surface area contributed by atoms with Crippen molar-refractivity contribution in [3.8, 4) is 17.0 Å². The van der Waals surface area contributed by atoms with Gasteiger partial charge in [-0.1, -0.05) is 0 Å². The van der Waals surface area contributed by atoms with E-state index in [9.17, 15) is 5.11 Å². The van der Waals surface area contributed by atoms with E-state index < -0.39 is 0 Å². The highest BCUT2D eigenvalue weighted by molar-refractivity contribution is 5.59. The molecule has 94 valence electrons. The Kier molecular flexibility index (Phi) is 2.59. The molecule has 1 aromatic heterocycles. The second kappa shape index (κ2) is 4.14. The van der Waals surface area contributed by atoms with Crippen molar-refractivity contribution in [2.75, 3.05) is 13.7 Å².